The fraction of sp³-hybridized carbons (Fsp3) is 0.318. The molecule has 1 atom stereocenters. The van der Waals surface area contributed by atoms with E-state index in [0.717, 1.165) is 18.4 Å². The maximum atomic E-state index is 12.9. The Kier molecular flexibility index (Phi) is 6.15. The van der Waals surface area contributed by atoms with Crippen molar-refractivity contribution in [1.29, 1.82) is 0 Å². The molecular formula is C22H25N5O3S. The largest absolute Gasteiger partial charge is 0.347 e. The minimum atomic E-state index is -3.55. The molecule has 0 radical (unpaired) electrons. The zero-order chi connectivity index (χ0) is 21.8. The summed E-state index contributed by atoms with van der Waals surface area (Å²) in [5, 5.41) is 2.83. The van der Waals surface area contributed by atoms with Gasteiger partial charge in [-0.2, -0.15) is 4.31 Å². The van der Waals surface area contributed by atoms with Crippen LogP contribution in [0.15, 0.2) is 66.1 Å². The van der Waals surface area contributed by atoms with Crippen LogP contribution in [0, 0.1) is 5.92 Å². The van der Waals surface area contributed by atoms with Gasteiger partial charge in [0.15, 0.2) is 0 Å². The summed E-state index contributed by atoms with van der Waals surface area (Å²) >= 11 is 0. The van der Waals surface area contributed by atoms with Gasteiger partial charge in [0.05, 0.1) is 0 Å². The fourth-order valence-corrected chi connectivity index (χ4v) is 5.17. The maximum Gasteiger partial charge on any atom is 0.271 e. The van der Waals surface area contributed by atoms with E-state index in [9.17, 15) is 13.2 Å². The number of hydrogen-bond acceptors (Lipinski definition) is 5. The van der Waals surface area contributed by atoms with Crippen molar-refractivity contribution in [2.24, 2.45) is 5.92 Å². The monoisotopic (exact) mass is 439 g/mol. The van der Waals surface area contributed by atoms with Gasteiger partial charge in [0.25, 0.3) is 5.91 Å². The van der Waals surface area contributed by atoms with Crippen LogP contribution in [-0.4, -0.2) is 46.3 Å². The number of benzene rings is 1. The molecule has 1 aliphatic rings. The molecule has 0 aliphatic carbocycles. The highest BCUT2D eigenvalue weighted by molar-refractivity contribution is 7.89. The van der Waals surface area contributed by atoms with E-state index in [0.29, 0.717) is 31.4 Å². The molecule has 0 bridgehead atoms. The molecule has 1 fully saturated rings. The lowest BCUT2D eigenvalue weighted by molar-refractivity contribution is 0.0946. The number of pyridine rings is 1. The molecule has 9 heteroatoms. The molecule has 1 aliphatic heterocycles. The summed E-state index contributed by atoms with van der Waals surface area (Å²) in [4.78, 5) is 21.0. The Labute approximate surface area is 182 Å². The number of carbonyl (C=O) groups excluding carboxylic acids is 1. The van der Waals surface area contributed by atoms with Crippen LogP contribution in [0.2, 0.25) is 0 Å². The Bertz CT molecular complexity index is 1140. The number of imidazole rings is 1. The van der Waals surface area contributed by atoms with Crippen molar-refractivity contribution in [2.45, 2.75) is 31.2 Å². The van der Waals surface area contributed by atoms with Crippen molar-refractivity contribution in [3.63, 3.8) is 0 Å². The first kappa shape index (κ1) is 21.2. The standard InChI is InChI=1S/C22H25N5O3S/c1-17-6-5-11-27(14-17)31(29,30)19-9-10-21(23-13-19)26-15-20(25-16-26)22(28)24-12-18-7-3-2-4-8-18/h2-4,7-10,13,15-17H,5-6,11-12,14H2,1H3,(H,24,28). The van der Waals surface area contributed by atoms with Gasteiger partial charge in [-0.15, -0.1) is 0 Å². The minimum Gasteiger partial charge on any atom is -0.347 e. The van der Waals surface area contributed by atoms with Crippen molar-refractivity contribution >= 4 is 15.9 Å². The van der Waals surface area contributed by atoms with Gasteiger partial charge in [-0.3, -0.25) is 9.36 Å². The highest BCUT2D eigenvalue weighted by Crippen LogP contribution is 2.23. The zero-order valence-electron chi connectivity index (χ0n) is 17.3. The Morgan fingerprint density at radius 2 is 1.97 bits per heavy atom. The second kappa shape index (κ2) is 8.99. The Morgan fingerprint density at radius 3 is 2.68 bits per heavy atom. The van der Waals surface area contributed by atoms with Crippen LogP contribution in [0.5, 0.6) is 0 Å². The number of nitrogens with zero attached hydrogens (tertiary/aromatic N) is 4. The van der Waals surface area contributed by atoms with Crippen LogP contribution in [0.3, 0.4) is 0 Å². The van der Waals surface area contributed by atoms with E-state index in [1.165, 1.54) is 16.8 Å². The minimum absolute atomic E-state index is 0.172. The van der Waals surface area contributed by atoms with Crippen LogP contribution in [0.1, 0.15) is 35.8 Å². The summed E-state index contributed by atoms with van der Waals surface area (Å²) < 4.78 is 28.9. The maximum absolute atomic E-state index is 12.9. The lowest BCUT2D eigenvalue weighted by Crippen LogP contribution is -2.39. The Morgan fingerprint density at radius 1 is 1.16 bits per heavy atom. The van der Waals surface area contributed by atoms with E-state index in [1.54, 1.807) is 22.9 Å². The third-order valence-electron chi connectivity index (χ3n) is 5.35. The fourth-order valence-electron chi connectivity index (χ4n) is 3.63. The van der Waals surface area contributed by atoms with E-state index in [2.05, 4.69) is 22.2 Å². The average molecular weight is 440 g/mol. The Hall–Kier alpha value is -3.04. The zero-order valence-corrected chi connectivity index (χ0v) is 18.1. The highest BCUT2D eigenvalue weighted by Gasteiger charge is 2.28. The lowest BCUT2D eigenvalue weighted by Gasteiger charge is -2.29. The molecule has 4 rings (SSSR count). The summed E-state index contributed by atoms with van der Waals surface area (Å²) in [6.07, 6.45) is 6.34. The lowest BCUT2D eigenvalue weighted by atomic mass is 10.0. The molecule has 1 saturated heterocycles. The van der Waals surface area contributed by atoms with E-state index in [1.807, 2.05) is 30.3 Å². The van der Waals surface area contributed by atoms with Crippen molar-refractivity contribution in [2.75, 3.05) is 13.1 Å². The average Bonchev–Trinajstić information content (AvgIpc) is 3.29. The van der Waals surface area contributed by atoms with Gasteiger partial charge in [-0.1, -0.05) is 37.3 Å². The molecule has 2 aromatic heterocycles. The SMILES string of the molecule is CC1CCCN(S(=O)(=O)c2ccc(-n3cnc(C(=O)NCc4ccccc4)c3)nc2)C1. The van der Waals surface area contributed by atoms with Crippen molar-refractivity contribution in [1.82, 2.24) is 24.2 Å². The normalized spacial score (nSPS) is 17.4. The number of amides is 1. The summed E-state index contributed by atoms with van der Waals surface area (Å²) in [5.41, 5.74) is 1.26. The topological polar surface area (TPSA) is 97.2 Å². The van der Waals surface area contributed by atoms with Gasteiger partial charge < -0.3 is 5.32 Å². The van der Waals surface area contributed by atoms with E-state index in [4.69, 9.17) is 0 Å². The highest BCUT2D eigenvalue weighted by atomic mass is 32.2. The molecular weight excluding hydrogens is 414 g/mol. The number of piperidine rings is 1. The van der Waals surface area contributed by atoms with Crippen LogP contribution >= 0.6 is 0 Å². The molecule has 1 unspecified atom stereocenters. The number of aromatic nitrogens is 3. The molecule has 0 spiro atoms. The smallest absolute Gasteiger partial charge is 0.271 e. The molecule has 1 N–H and O–H groups in total. The van der Waals surface area contributed by atoms with E-state index >= 15 is 0 Å². The second-order valence-electron chi connectivity index (χ2n) is 7.80. The number of sulfonamides is 1. The van der Waals surface area contributed by atoms with Gasteiger partial charge >= 0.3 is 0 Å². The molecule has 0 saturated carbocycles. The number of rotatable bonds is 6. The van der Waals surface area contributed by atoms with Crippen molar-refractivity contribution < 1.29 is 13.2 Å². The molecule has 1 aromatic carbocycles. The van der Waals surface area contributed by atoms with E-state index in [-0.39, 0.29) is 16.5 Å². The molecule has 3 aromatic rings. The van der Waals surface area contributed by atoms with Crippen molar-refractivity contribution in [3.05, 3.63) is 72.4 Å². The second-order valence-corrected chi connectivity index (χ2v) is 9.73. The van der Waals surface area contributed by atoms with Crippen LogP contribution in [-0.2, 0) is 16.6 Å². The number of hydrogen-bond donors (Lipinski definition) is 1. The summed E-state index contributed by atoms with van der Waals surface area (Å²) in [7, 11) is -3.55. The molecule has 162 valence electrons. The number of carbonyl (C=O) groups is 1. The van der Waals surface area contributed by atoms with Gasteiger partial charge in [-0.25, -0.2) is 18.4 Å². The first-order chi connectivity index (χ1) is 14.9. The quantitative estimate of drug-likeness (QED) is 0.637. The molecule has 1 amide bonds. The predicted octanol–water partition coefficient (Wildman–Crippen LogP) is 2.62. The van der Waals surface area contributed by atoms with Gasteiger partial charge in [0.1, 0.15) is 22.7 Å². The van der Waals surface area contributed by atoms with Gasteiger partial charge in [0, 0.05) is 32.0 Å². The third kappa shape index (κ3) is 4.83. The van der Waals surface area contributed by atoms with Gasteiger partial charge in [-0.05, 0) is 36.5 Å². The van der Waals surface area contributed by atoms with E-state index < -0.39 is 10.0 Å². The van der Waals surface area contributed by atoms with Gasteiger partial charge in [0.2, 0.25) is 10.0 Å². The van der Waals surface area contributed by atoms with Crippen molar-refractivity contribution in [3.8, 4) is 5.82 Å². The van der Waals surface area contributed by atoms with Crippen LogP contribution in [0.25, 0.3) is 5.82 Å². The first-order valence-electron chi connectivity index (χ1n) is 10.3. The van der Waals surface area contributed by atoms with Crippen LogP contribution < -0.4 is 5.32 Å². The molecule has 8 nitrogen and oxygen atoms in total. The van der Waals surface area contributed by atoms with Crippen LogP contribution in [0.4, 0.5) is 0 Å². The molecule has 31 heavy (non-hydrogen) atoms. The molecule has 3 heterocycles. The third-order valence-corrected chi connectivity index (χ3v) is 7.20. The Balaban J connectivity index is 1.44. The summed E-state index contributed by atoms with van der Waals surface area (Å²) in [5.74, 6) is 0.551. The summed E-state index contributed by atoms with van der Waals surface area (Å²) in [6, 6.07) is 12.8. The summed E-state index contributed by atoms with van der Waals surface area (Å²) in [6.45, 7) is 3.55. The first-order valence-corrected chi connectivity index (χ1v) is 11.7. The number of nitrogens with one attached hydrogen (secondary N) is 1. The predicted molar refractivity (Wildman–Crippen MR) is 116 cm³/mol.